The van der Waals surface area contributed by atoms with Crippen molar-refractivity contribution in [3.8, 4) is 0 Å². The van der Waals surface area contributed by atoms with Crippen LogP contribution in [0, 0.1) is 0 Å². The molecular weight excluding hydrogens is 435 g/mol. The predicted octanol–water partition coefficient (Wildman–Crippen LogP) is 1.93. The van der Waals surface area contributed by atoms with E-state index in [1.807, 2.05) is 24.1 Å². The normalized spacial score (nSPS) is 17.6. The molecule has 1 aromatic rings. The number of carbonyl (C=O) groups excluding carboxylic acids is 1. The molecule has 1 aromatic heterocycles. The zero-order valence-electron chi connectivity index (χ0n) is 15.2. The second-order valence-electron chi connectivity index (χ2n) is 6.23. The van der Waals surface area contributed by atoms with Crippen LogP contribution in [-0.4, -0.2) is 68.6 Å². The Bertz CT molecular complexity index is 528. The summed E-state index contributed by atoms with van der Waals surface area (Å²) in [4.78, 5) is 19.8. The minimum atomic E-state index is -0.0328. The van der Waals surface area contributed by atoms with Gasteiger partial charge in [0.2, 0.25) is 5.91 Å². The molecule has 25 heavy (non-hydrogen) atoms. The maximum Gasteiger partial charge on any atom is 0.243 e. The third-order valence-corrected chi connectivity index (χ3v) is 3.96. The highest BCUT2D eigenvalue weighted by atomic mass is 127. The number of carbonyl (C=O) groups is 1. The van der Waals surface area contributed by atoms with E-state index in [4.69, 9.17) is 9.15 Å². The number of nitrogens with one attached hydrogen (secondary N) is 1. The Morgan fingerprint density at radius 1 is 1.36 bits per heavy atom. The van der Waals surface area contributed by atoms with Gasteiger partial charge in [0.25, 0.3) is 0 Å². The van der Waals surface area contributed by atoms with Gasteiger partial charge in [-0.25, -0.2) is 4.99 Å². The summed E-state index contributed by atoms with van der Waals surface area (Å²) in [7, 11) is 5.39. The van der Waals surface area contributed by atoms with Gasteiger partial charge >= 0.3 is 0 Å². The SMILES string of the molecule is CN(C)C(=O)CN=C(NCC1CCCCO1)N(C)Cc1ccco1.I. The topological polar surface area (TPSA) is 70.3 Å². The molecule has 2 rings (SSSR count). The monoisotopic (exact) mass is 464 g/mol. The van der Waals surface area contributed by atoms with E-state index in [0.717, 1.165) is 25.2 Å². The van der Waals surface area contributed by atoms with Crippen molar-refractivity contribution in [2.24, 2.45) is 4.99 Å². The molecule has 0 saturated carbocycles. The third-order valence-electron chi connectivity index (χ3n) is 3.96. The van der Waals surface area contributed by atoms with E-state index in [-0.39, 0.29) is 42.5 Å². The molecule has 1 aliphatic heterocycles. The van der Waals surface area contributed by atoms with Crippen molar-refractivity contribution in [2.45, 2.75) is 31.9 Å². The minimum absolute atomic E-state index is 0. The summed E-state index contributed by atoms with van der Waals surface area (Å²) in [5.74, 6) is 1.49. The molecule has 1 N–H and O–H groups in total. The molecule has 1 aliphatic rings. The highest BCUT2D eigenvalue weighted by Gasteiger charge is 2.16. The maximum atomic E-state index is 11.8. The standard InChI is InChI=1S/C17H28N4O3.HI/c1-20(2)16(22)12-19-17(18-11-14-7-4-5-9-23-14)21(3)13-15-8-6-10-24-15;/h6,8,10,14H,4-5,7,9,11-13H2,1-3H3,(H,18,19);1H. The smallest absolute Gasteiger partial charge is 0.243 e. The van der Waals surface area contributed by atoms with Crippen LogP contribution in [-0.2, 0) is 16.1 Å². The summed E-state index contributed by atoms with van der Waals surface area (Å²) in [5, 5.41) is 3.33. The van der Waals surface area contributed by atoms with E-state index < -0.39 is 0 Å². The quantitative estimate of drug-likeness (QED) is 0.396. The van der Waals surface area contributed by atoms with E-state index in [1.165, 1.54) is 11.3 Å². The van der Waals surface area contributed by atoms with Crippen molar-refractivity contribution in [3.05, 3.63) is 24.2 Å². The number of rotatable bonds is 6. The van der Waals surface area contributed by atoms with Crippen LogP contribution >= 0.6 is 24.0 Å². The minimum Gasteiger partial charge on any atom is -0.467 e. The van der Waals surface area contributed by atoms with Gasteiger partial charge in [-0.3, -0.25) is 4.79 Å². The molecular formula is C17H29IN4O3. The van der Waals surface area contributed by atoms with Crippen LogP contribution in [0.15, 0.2) is 27.8 Å². The predicted molar refractivity (Wildman–Crippen MR) is 108 cm³/mol. The van der Waals surface area contributed by atoms with Crippen molar-refractivity contribution >= 4 is 35.8 Å². The Balaban J connectivity index is 0.00000312. The summed E-state index contributed by atoms with van der Waals surface area (Å²) < 4.78 is 11.1. The first-order valence-electron chi connectivity index (χ1n) is 8.40. The fourth-order valence-electron chi connectivity index (χ4n) is 2.48. The first kappa shape index (κ1) is 21.8. The molecule has 0 bridgehead atoms. The van der Waals surface area contributed by atoms with E-state index in [1.54, 1.807) is 20.4 Å². The van der Waals surface area contributed by atoms with Gasteiger partial charge in [-0.2, -0.15) is 0 Å². The molecule has 0 aliphatic carbocycles. The van der Waals surface area contributed by atoms with Gasteiger partial charge in [-0.15, -0.1) is 24.0 Å². The number of hydrogen-bond donors (Lipinski definition) is 1. The molecule has 7 nitrogen and oxygen atoms in total. The molecule has 142 valence electrons. The molecule has 1 unspecified atom stereocenters. The highest BCUT2D eigenvalue weighted by Crippen LogP contribution is 2.12. The van der Waals surface area contributed by atoms with E-state index in [9.17, 15) is 4.79 Å². The Labute approximate surface area is 166 Å². The number of ether oxygens (including phenoxy) is 1. The zero-order chi connectivity index (χ0) is 17.4. The number of amides is 1. The summed E-state index contributed by atoms with van der Waals surface area (Å²) >= 11 is 0. The Hall–Kier alpha value is -1.29. The zero-order valence-corrected chi connectivity index (χ0v) is 17.6. The lowest BCUT2D eigenvalue weighted by molar-refractivity contribution is -0.127. The largest absolute Gasteiger partial charge is 0.467 e. The highest BCUT2D eigenvalue weighted by molar-refractivity contribution is 14.0. The lowest BCUT2D eigenvalue weighted by atomic mass is 10.1. The van der Waals surface area contributed by atoms with Crippen LogP contribution in [0.2, 0.25) is 0 Å². The number of likely N-dealkylation sites (N-methyl/N-ethyl adjacent to an activating group) is 1. The summed E-state index contributed by atoms with van der Waals surface area (Å²) in [6.45, 7) is 2.21. The van der Waals surface area contributed by atoms with Gasteiger partial charge in [-0.05, 0) is 31.4 Å². The number of hydrogen-bond acceptors (Lipinski definition) is 4. The molecule has 0 radical (unpaired) electrons. The molecule has 1 amide bonds. The Morgan fingerprint density at radius 2 is 2.16 bits per heavy atom. The second-order valence-corrected chi connectivity index (χ2v) is 6.23. The van der Waals surface area contributed by atoms with Crippen molar-refractivity contribution in [3.63, 3.8) is 0 Å². The van der Waals surface area contributed by atoms with E-state index in [0.29, 0.717) is 19.0 Å². The number of halogens is 1. The van der Waals surface area contributed by atoms with Crippen LogP contribution in [0.25, 0.3) is 0 Å². The van der Waals surface area contributed by atoms with Gasteiger partial charge in [-0.1, -0.05) is 0 Å². The molecule has 8 heteroatoms. The van der Waals surface area contributed by atoms with E-state index in [2.05, 4.69) is 10.3 Å². The van der Waals surface area contributed by atoms with Gasteiger partial charge < -0.3 is 24.3 Å². The second kappa shape index (κ2) is 11.3. The summed E-state index contributed by atoms with van der Waals surface area (Å²) in [6.07, 6.45) is 5.23. The molecule has 1 fully saturated rings. The third kappa shape index (κ3) is 7.64. The molecule has 1 atom stereocenters. The molecule has 2 heterocycles. The Kier molecular flexibility index (Phi) is 9.88. The van der Waals surface area contributed by atoms with Gasteiger partial charge in [0.15, 0.2) is 5.96 Å². The molecule has 0 spiro atoms. The summed E-state index contributed by atoms with van der Waals surface area (Å²) in [5.41, 5.74) is 0. The van der Waals surface area contributed by atoms with Crippen LogP contribution in [0.5, 0.6) is 0 Å². The fraction of sp³-hybridized carbons (Fsp3) is 0.647. The number of nitrogens with zero attached hydrogens (tertiary/aromatic N) is 3. The summed E-state index contributed by atoms with van der Waals surface area (Å²) in [6, 6.07) is 3.78. The van der Waals surface area contributed by atoms with Crippen LogP contribution in [0.3, 0.4) is 0 Å². The van der Waals surface area contributed by atoms with Gasteiger partial charge in [0, 0.05) is 34.3 Å². The van der Waals surface area contributed by atoms with Crippen LogP contribution < -0.4 is 5.32 Å². The average molecular weight is 464 g/mol. The average Bonchev–Trinajstić information content (AvgIpc) is 3.08. The van der Waals surface area contributed by atoms with Crippen molar-refractivity contribution in [1.82, 2.24) is 15.1 Å². The Morgan fingerprint density at radius 3 is 2.76 bits per heavy atom. The maximum absolute atomic E-state index is 11.8. The van der Waals surface area contributed by atoms with Crippen molar-refractivity contribution in [2.75, 3.05) is 40.8 Å². The fourth-order valence-corrected chi connectivity index (χ4v) is 2.48. The number of furan rings is 1. The van der Waals surface area contributed by atoms with Crippen LogP contribution in [0.1, 0.15) is 25.0 Å². The van der Waals surface area contributed by atoms with Crippen LogP contribution in [0.4, 0.5) is 0 Å². The molecule has 0 aromatic carbocycles. The van der Waals surface area contributed by atoms with E-state index >= 15 is 0 Å². The number of aliphatic imine (C=N–C) groups is 1. The molecule has 1 saturated heterocycles. The first-order valence-corrected chi connectivity index (χ1v) is 8.40. The first-order chi connectivity index (χ1) is 11.6. The van der Waals surface area contributed by atoms with Crippen molar-refractivity contribution in [1.29, 1.82) is 0 Å². The lowest BCUT2D eigenvalue weighted by Gasteiger charge is -2.26. The van der Waals surface area contributed by atoms with Crippen molar-refractivity contribution < 1.29 is 13.9 Å². The number of guanidine groups is 1. The lowest BCUT2D eigenvalue weighted by Crippen LogP contribution is -2.43. The van der Waals surface area contributed by atoms with Gasteiger partial charge in [0.1, 0.15) is 12.3 Å². The van der Waals surface area contributed by atoms with Gasteiger partial charge in [0.05, 0.1) is 18.9 Å².